The van der Waals surface area contributed by atoms with Crippen molar-refractivity contribution < 1.29 is 9.21 Å². The molecule has 0 aliphatic heterocycles. The van der Waals surface area contributed by atoms with Gasteiger partial charge in [0.25, 0.3) is 5.91 Å². The number of nitrogens with one attached hydrogen (secondary N) is 1. The second-order valence-corrected chi connectivity index (χ2v) is 6.70. The third kappa shape index (κ3) is 3.73. The summed E-state index contributed by atoms with van der Waals surface area (Å²) in [6.07, 6.45) is 1.65. The number of amides is 1. The maximum atomic E-state index is 12.5. The summed E-state index contributed by atoms with van der Waals surface area (Å²) in [5, 5.41) is 3.00. The van der Waals surface area contributed by atoms with Gasteiger partial charge in [0.2, 0.25) is 0 Å². The van der Waals surface area contributed by atoms with Crippen molar-refractivity contribution >= 4 is 5.91 Å². The average molecular weight is 351 g/mol. The summed E-state index contributed by atoms with van der Waals surface area (Å²) in [7, 11) is 3.94. The van der Waals surface area contributed by atoms with Crippen LogP contribution >= 0.6 is 0 Å². The molecule has 1 aromatic carbocycles. The molecule has 0 saturated heterocycles. The zero-order valence-electron chi connectivity index (χ0n) is 15.7. The van der Waals surface area contributed by atoms with Gasteiger partial charge in [0.05, 0.1) is 12.3 Å². The highest BCUT2D eigenvalue weighted by Crippen LogP contribution is 2.19. The van der Waals surface area contributed by atoms with Crippen molar-refractivity contribution in [2.24, 2.45) is 0 Å². The number of aromatic nitrogens is 1. The predicted molar refractivity (Wildman–Crippen MR) is 103 cm³/mol. The van der Waals surface area contributed by atoms with Gasteiger partial charge in [0.15, 0.2) is 0 Å². The van der Waals surface area contributed by atoms with Gasteiger partial charge < -0.3 is 14.3 Å². The molecular weight excluding hydrogens is 326 g/mol. The summed E-state index contributed by atoms with van der Waals surface area (Å²) in [5.41, 5.74) is 4.05. The molecule has 0 aliphatic rings. The molecule has 0 aliphatic carbocycles. The number of nitrogens with zero attached hydrogens (tertiary/aromatic N) is 2. The summed E-state index contributed by atoms with van der Waals surface area (Å²) in [5.74, 6) is 0.750. The number of rotatable bonds is 6. The Balaban J connectivity index is 1.68. The van der Waals surface area contributed by atoms with Crippen molar-refractivity contribution in [2.75, 3.05) is 20.6 Å². The van der Waals surface area contributed by atoms with Gasteiger partial charge in [-0.3, -0.25) is 9.69 Å². The Hall–Kier alpha value is -2.79. The van der Waals surface area contributed by atoms with Gasteiger partial charge in [0.1, 0.15) is 5.76 Å². The van der Waals surface area contributed by atoms with E-state index in [1.165, 1.54) is 11.4 Å². The molecule has 0 spiro atoms. The highest BCUT2D eigenvalue weighted by atomic mass is 16.3. The number of likely N-dealkylation sites (N-methyl/N-ethyl adjacent to an activating group) is 1. The summed E-state index contributed by atoms with van der Waals surface area (Å²) >= 11 is 0. The fourth-order valence-electron chi connectivity index (χ4n) is 3.15. The molecule has 5 nitrogen and oxygen atoms in total. The van der Waals surface area contributed by atoms with E-state index >= 15 is 0 Å². The molecule has 0 saturated carbocycles. The van der Waals surface area contributed by atoms with Crippen molar-refractivity contribution in [1.82, 2.24) is 14.8 Å². The highest BCUT2D eigenvalue weighted by molar-refractivity contribution is 5.94. The monoisotopic (exact) mass is 351 g/mol. The molecule has 1 N–H and O–H groups in total. The van der Waals surface area contributed by atoms with Crippen molar-refractivity contribution in [3.63, 3.8) is 0 Å². The first-order chi connectivity index (χ1) is 12.5. The van der Waals surface area contributed by atoms with Crippen LogP contribution in [0.4, 0.5) is 0 Å². The number of carbonyl (C=O) groups excluding carboxylic acids is 1. The summed E-state index contributed by atoms with van der Waals surface area (Å²) in [6.45, 7) is 4.63. The fourth-order valence-corrected chi connectivity index (χ4v) is 3.15. The number of aryl methyl sites for hydroxylation is 2. The van der Waals surface area contributed by atoms with Crippen LogP contribution in [0.2, 0.25) is 0 Å². The van der Waals surface area contributed by atoms with E-state index < -0.39 is 0 Å². The maximum absolute atomic E-state index is 12.5. The van der Waals surface area contributed by atoms with Gasteiger partial charge in [-0.1, -0.05) is 0 Å². The quantitative estimate of drug-likeness (QED) is 0.736. The Bertz CT molecular complexity index is 842. The molecule has 0 unspecified atom stereocenters. The van der Waals surface area contributed by atoms with Gasteiger partial charge in [-0.25, -0.2) is 0 Å². The van der Waals surface area contributed by atoms with Crippen LogP contribution in [-0.2, 0) is 0 Å². The highest BCUT2D eigenvalue weighted by Gasteiger charge is 2.18. The van der Waals surface area contributed by atoms with Crippen LogP contribution in [-0.4, -0.2) is 36.0 Å². The third-order valence-electron chi connectivity index (χ3n) is 4.61. The number of carbonyl (C=O) groups is 1. The van der Waals surface area contributed by atoms with E-state index in [1.807, 2.05) is 55.4 Å². The lowest BCUT2D eigenvalue weighted by Crippen LogP contribution is -2.34. The van der Waals surface area contributed by atoms with Gasteiger partial charge >= 0.3 is 0 Å². The first kappa shape index (κ1) is 18.0. The minimum Gasteiger partial charge on any atom is -0.468 e. The lowest BCUT2D eigenvalue weighted by Gasteiger charge is -2.22. The molecule has 2 heterocycles. The molecule has 2 aromatic heterocycles. The Morgan fingerprint density at radius 3 is 2.27 bits per heavy atom. The number of benzene rings is 1. The lowest BCUT2D eigenvalue weighted by atomic mass is 10.1. The normalized spacial score (nSPS) is 12.3. The number of hydrogen-bond acceptors (Lipinski definition) is 3. The van der Waals surface area contributed by atoms with Gasteiger partial charge in [-0.2, -0.15) is 0 Å². The molecular formula is C21H25N3O2. The molecule has 3 aromatic rings. The molecule has 1 atom stereocenters. The van der Waals surface area contributed by atoms with E-state index in [0.717, 1.165) is 11.4 Å². The predicted octanol–water partition coefficient (Wildman–Crippen LogP) is 3.72. The van der Waals surface area contributed by atoms with Crippen LogP contribution in [0, 0.1) is 13.8 Å². The van der Waals surface area contributed by atoms with Crippen LogP contribution in [0.1, 0.15) is 33.5 Å². The number of furan rings is 1. The first-order valence-electron chi connectivity index (χ1n) is 8.71. The lowest BCUT2D eigenvalue weighted by molar-refractivity contribution is 0.0939. The second-order valence-electron chi connectivity index (χ2n) is 6.70. The van der Waals surface area contributed by atoms with Crippen LogP contribution in [0.15, 0.2) is 59.2 Å². The molecule has 26 heavy (non-hydrogen) atoms. The van der Waals surface area contributed by atoms with Gasteiger partial charge in [-0.15, -0.1) is 0 Å². The zero-order chi connectivity index (χ0) is 18.7. The van der Waals surface area contributed by atoms with Crippen LogP contribution in [0.25, 0.3) is 5.69 Å². The summed E-state index contributed by atoms with van der Waals surface area (Å²) < 4.78 is 7.65. The minimum atomic E-state index is -0.0871. The van der Waals surface area contributed by atoms with E-state index in [2.05, 4.69) is 35.9 Å². The summed E-state index contributed by atoms with van der Waals surface area (Å²) in [4.78, 5) is 14.5. The Morgan fingerprint density at radius 2 is 1.73 bits per heavy atom. The average Bonchev–Trinajstić information content (AvgIpc) is 3.25. The van der Waals surface area contributed by atoms with Gasteiger partial charge in [-0.05, 0) is 76.5 Å². The van der Waals surface area contributed by atoms with Crippen molar-refractivity contribution in [2.45, 2.75) is 19.9 Å². The first-order valence-corrected chi connectivity index (χ1v) is 8.71. The Morgan fingerprint density at radius 1 is 1.08 bits per heavy atom. The molecule has 0 radical (unpaired) electrons. The Labute approximate surface area is 154 Å². The molecule has 0 bridgehead atoms. The zero-order valence-corrected chi connectivity index (χ0v) is 15.7. The SMILES string of the molecule is Cc1ccc(C)n1-c1ccc(C(=O)NC[C@H](c2ccco2)N(C)C)cc1. The third-order valence-corrected chi connectivity index (χ3v) is 4.61. The van der Waals surface area contributed by atoms with Crippen molar-refractivity contribution in [3.05, 3.63) is 77.5 Å². The minimum absolute atomic E-state index is 0.00148. The Kier molecular flexibility index (Phi) is 5.28. The molecule has 5 heteroatoms. The second kappa shape index (κ2) is 7.62. The topological polar surface area (TPSA) is 50.4 Å². The standard InChI is InChI=1S/C21H25N3O2/c1-15-7-8-16(2)24(15)18-11-9-17(10-12-18)21(25)22-14-19(23(3)4)20-6-5-13-26-20/h5-13,19H,14H2,1-4H3,(H,22,25)/t19-/m1/s1. The van der Waals surface area contributed by atoms with E-state index in [1.54, 1.807) is 6.26 Å². The molecule has 3 rings (SSSR count). The van der Waals surface area contributed by atoms with E-state index in [9.17, 15) is 4.79 Å². The number of hydrogen-bond donors (Lipinski definition) is 1. The molecule has 1 amide bonds. The van der Waals surface area contributed by atoms with Crippen molar-refractivity contribution in [1.29, 1.82) is 0 Å². The van der Waals surface area contributed by atoms with Crippen LogP contribution in [0.5, 0.6) is 0 Å². The molecule has 0 fully saturated rings. The van der Waals surface area contributed by atoms with Crippen LogP contribution < -0.4 is 5.32 Å². The largest absolute Gasteiger partial charge is 0.468 e. The van der Waals surface area contributed by atoms with E-state index in [0.29, 0.717) is 12.1 Å². The van der Waals surface area contributed by atoms with Crippen molar-refractivity contribution in [3.8, 4) is 5.69 Å². The van der Waals surface area contributed by atoms with Crippen LogP contribution in [0.3, 0.4) is 0 Å². The van der Waals surface area contributed by atoms with E-state index in [-0.39, 0.29) is 11.9 Å². The van der Waals surface area contributed by atoms with Gasteiger partial charge in [0, 0.05) is 29.2 Å². The molecule has 136 valence electrons. The van der Waals surface area contributed by atoms with E-state index in [4.69, 9.17) is 4.42 Å². The maximum Gasteiger partial charge on any atom is 0.251 e. The summed E-state index contributed by atoms with van der Waals surface area (Å²) in [6, 6.07) is 15.6. The smallest absolute Gasteiger partial charge is 0.251 e. The fraction of sp³-hybridized carbons (Fsp3) is 0.286.